The zero-order valence-corrected chi connectivity index (χ0v) is 14.4. The van der Waals surface area contributed by atoms with E-state index < -0.39 is 0 Å². The van der Waals surface area contributed by atoms with Crippen LogP contribution in [-0.4, -0.2) is 21.3 Å². The quantitative estimate of drug-likeness (QED) is 0.769. The number of pyridine rings is 1. The van der Waals surface area contributed by atoms with Crippen molar-refractivity contribution in [1.29, 1.82) is 0 Å². The number of hydrogen-bond acceptors (Lipinski definition) is 4. The molecule has 5 heteroatoms. The molecule has 0 saturated carbocycles. The fourth-order valence-electron chi connectivity index (χ4n) is 2.60. The summed E-state index contributed by atoms with van der Waals surface area (Å²) in [7, 11) is 2.01. The van der Waals surface area contributed by atoms with Gasteiger partial charge in [0, 0.05) is 24.7 Å². The minimum absolute atomic E-state index is 0.227. The third kappa shape index (κ3) is 2.50. The first-order valence-electron chi connectivity index (χ1n) is 7.23. The van der Waals surface area contributed by atoms with Gasteiger partial charge in [-0.25, -0.2) is 4.98 Å². The molecule has 0 spiro atoms. The van der Waals surface area contributed by atoms with E-state index in [2.05, 4.69) is 49.2 Å². The standard InChI is InChI=1S/C16H22N4S/c1-9-7-10(2)18-15-11(9)12-13(21-15)14(19-20(12)6)17-8-16(3,4)5/h7H,8H2,1-6H3,(H,17,19). The molecule has 3 rings (SSSR count). The van der Waals surface area contributed by atoms with Gasteiger partial charge in [-0.1, -0.05) is 20.8 Å². The molecular weight excluding hydrogens is 280 g/mol. The van der Waals surface area contributed by atoms with E-state index in [0.717, 1.165) is 22.9 Å². The highest BCUT2D eigenvalue weighted by Gasteiger charge is 2.19. The normalized spacial score (nSPS) is 12.5. The molecule has 1 N–H and O–H groups in total. The van der Waals surface area contributed by atoms with Crippen molar-refractivity contribution in [2.24, 2.45) is 12.5 Å². The van der Waals surface area contributed by atoms with Crippen LogP contribution in [0.1, 0.15) is 32.0 Å². The zero-order valence-electron chi connectivity index (χ0n) is 13.5. The Hall–Kier alpha value is -1.62. The van der Waals surface area contributed by atoms with Crippen LogP contribution in [0.3, 0.4) is 0 Å². The molecule has 4 nitrogen and oxygen atoms in total. The van der Waals surface area contributed by atoms with Crippen molar-refractivity contribution < 1.29 is 0 Å². The van der Waals surface area contributed by atoms with Crippen molar-refractivity contribution >= 4 is 37.6 Å². The minimum Gasteiger partial charge on any atom is -0.367 e. The summed E-state index contributed by atoms with van der Waals surface area (Å²) in [6, 6.07) is 2.14. The maximum atomic E-state index is 4.69. The highest BCUT2D eigenvalue weighted by Crippen LogP contribution is 2.38. The van der Waals surface area contributed by atoms with Crippen LogP contribution in [0.15, 0.2) is 6.07 Å². The number of thiophene rings is 1. The van der Waals surface area contributed by atoms with Gasteiger partial charge >= 0.3 is 0 Å². The van der Waals surface area contributed by atoms with Gasteiger partial charge in [0.05, 0.1) is 10.2 Å². The Kier molecular flexibility index (Phi) is 3.20. The zero-order chi connectivity index (χ0) is 15.4. The SMILES string of the molecule is Cc1cc(C)c2c(n1)sc1c(NCC(C)(C)C)nn(C)c12. The number of aryl methyl sites for hydroxylation is 3. The highest BCUT2D eigenvalue weighted by molar-refractivity contribution is 7.26. The van der Waals surface area contributed by atoms with Crippen LogP contribution in [0.2, 0.25) is 0 Å². The van der Waals surface area contributed by atoms with E-state index in [-0.39, 0.29) is 5.41 Å². The van der Waals surface area contributed by atoms with E-state index in [1.54, 1.807) is 11.3 Å². The van der Waals surface area contributed by atoms with Gasteiger partial charge < -0.3 is 5.32 Å². The summed E-state index contributed by atoms with van der Waals surface area (Å²) in [5.74, 6) is 0.975. The van der Waals surface area contributed by atoms with Gasteiger partial charge in [-0.3, -0.25) is 4.68 Å². The van der Waals surface area contributed by atoms with E-state index in [1.165, 1.54) is 21.2 Å². The molecule has 0 unspecified atom stereocenters. The summed E-state index contributed by atoms with van der Waals surface area (Å²) < 4.78 is 3.18. The summed E-state index contributed by atoms with van der Waals surface area (Å²) in [4.78, 5) is 5.79. The van der Waals surface area contributed by atoms with E-state index in [4.69, 9.17) is 0 Å². The summed E-state index contributed by atoms with van der Waals surface area (Å²) in [5, 5.41) is 9.38. The van der Waals surface area contributed by atoms with Crippen molar-refractivity contribution in [3.63, 3.8) is 0 Å². The highest BCUT2D eigenvalue weighted by atomic mass is 32.1. The lowest BCUT2D eigenvalue weighted by Crippen LogP contribution is -2.19. The molecule has 3 aromatic rings. The maximum Gasteiger partial charge on any atom is 0.166 e. The Bertz CT molecular complexity index is 820. The molecule has 21 heavy (non-hydrogen) atoms. The molecule has 3 aromatic heterocycles. The lowest BCUT2D eigenvalue weighted by Gasteiger charge is -2.18. The fourth-order valence-corrected chi connectivity index (χ4v) is 3.89. The molecule has 0 amide bonds. The topological polar surface area (TPSA) is 42.7 Å². The van der Waals surface area contributed by atoms with Crippen LogP contribution in [-0.2, 0) is 7.05 Å². The van der Waals surface area contributed by atoms with Gasteiger partial charge in [0.15, 0.2) is 5.82 Å². The van der Waals surface area contributed by atoms with Crippen molar-refractivity contribution in [3.05, 3.63) is 17.3 Å². The van der Waals surface area contributed by atoms with Gasteiger partial charge in [0.2, 0.25) is 0 Å². The predicted molar refractivity (Wildman–Crippen MR) is 91.3 cm³/mol. The maximum absolute atomic E-state index is 4.69. The lowest BCUT2D eigenvalue weighted by atomic mass is 9.97. The first-order chi connectivity index (χ1) is 9.76. The second kappa shape index (κ2) is 4.70. The van der Waals surface area contributed by atoms with Crippen LogP contribution in [0.5, 0.6) is 0 Å². The summed E-state index contributed by atoms with van der Waals surface area (Å²) >= 11 is 1.73. The van der Waals surface area contributed by atoms with Gasteiger partial charge in [-0.2, -0.15) is 5.10 Å². The van der Waals surface area contributed by atoms with Crippen molar-refractivity contribution in [2.45, 2.75) is 34.6 Å². The summed E-state index contributed by atoms with van der Waals surface area (Å²) in [6.07, 6.45) is 0. The first-order valence-corrected chi connectivity index (χ1v) is 8.05. The van der Waals surface area contributed by atoms with Crippen molar-refractivity contribution in [2.75, 3.05) is 11.9 Å². The van der Waals surface area contributed by atoms with Crippen LogP contribution in [0, 0.1) is 19.3 Å². The minimum atomic E-state index is 0.227. The molecule has 0 aliphatic heterocycles. The molecule has 0 aliphatic carbocycles. The predicted octanol–water partition coefficient (Wildman–Crippen LogP) is 4.26. The number of aromatic nitrogens is 3. The molecule has 112 valence electrons. The summed E-state index contributed by atoms with van der Waals surface area (Å²) in [6.45, 7) is 11.8. The Labute approximate surface area is 129 Å². The van der Waals surface area contributed by atoms with Gasteiger partial charge in [0.1, 0.15) is 4.83 Å². The Morgan fingerprint density at radius 1 is 1.29 bits per heavy atom. The third-order valence-electron chi connectivity index (χ3n) is 3.54. The molecule has 0 aliphatic rings. The number of nitrogens with one attached hydrogen (secondary N) is 1. The van der Waals surface area contributed by atoms with Crippen LogP contribution in [0.25, 0.3) is 20.4 Å². The van der Waals surface area contributed by atoms with E-state index in [1.807, 2.05) is 18.7 Å². The Morgan fingerprint density at radius 2 is 2.00 bits per heavy atom. The lowest BCUT2D eigenvalue weighted by molar-refractivity contribution is 0.442. The van der Waals surface area contributed by atoms with E-state index in [9.17, 15) is 0 Å². The van der Waals surface area contributed by atoms with Crippen LogP contribution in [0.4, 0.5) is 5.82 Å². The average molecular weight is 302 g/mol. The monoisotopic (exact) mass is 302 g/mol. The smallest absolute Gasteiger partial charge is 0.166 e. The van der Waals surface area contributed by atoms with E-state index in [0.29, 0.717) is 0 Å². The van der Waals surface area contributed by atoms with Crippen molar-refractivity contribution in [1.82, 2.24) is 14.8 Å². The Balaban J connectivity index is 2.18. The molecule has 0 bridgehead atoms. The number of nitrogens with zero attached hydrogens (tertiary/aromatic N) is 3. The number of anilines is 1. The molecule has 3 heterocycles. The average Bonchev–Trinajstić information content (AvgIpc) is 2.84. The van der Waals surface area contributed by atoms with Gasteiger partial charge in [-0.15, -0.1) is 11.3 Å². The fraction of sp³-hybridized carbons (Fsp3) is 0.500. The van der Waals surface area contributed by atoms with Crippen LogP contribution >= 0.6 is 11.3 Å². The molecule has 0 aromatic carbocycles. The van der Waals surface area contributed by atoms with Gasteiger partial charge in [-0.05, 0) is 30.9 Å². The molecular formula is C16H22N4S. The second-order valence-electron chi connectivity index (χ2n) is 6.93. The molecule has 0 saturated heterocycles. The van der Waals surface area contributed by atoms with Crippen molar-refractivity contribution in [3.8, 4) is 0 Å². The van der Waals surface area contributed by atoms with Crippen LogP contribution < -0.4 is 5.32 Å². The number of fused-ring (bicyclic) bond motifs is 3. The van der Waals surface area contributed by atoms with E-state index >= 15 is 0 Å². The Morgan fingerprint density at radius 3 is 2.67 bits per heavy atom. The summed E-state index contributed by atoms with van der Waals surface area (Å²) in [5.41, 5.74) is 3.76. The number of rotatable bonds is 2. The second-order valence-corrected chi connectivity index (χ2v) is 7.93. The largest absolute Gasteiger partial charge is 0.367 e. The molecule has 0 radical (unpaired) electrons. The van der Waals surface area contributed by atoms with Gasteiger partial charge in [0.25, 0.3) is 0 Å². The molecule has 0 fully saturated rings. The number of hydrogen-bond donors (Lipinski definition) is 1. The molecule has 0 atom stereocenters. The third-order valence-corrected chi connectivity index (χ3v) is 4.62. The first kappa shape index (κ1) is 14.3.